The minimum atomic E-state index is -3.33. The second kappa shape index (κ2) is 7.98. The Bertz CT molecular complexity index is 824. The van der Waals surface area contributed by atoms with E-state index in [9.17, 15) is 18.0 Å². The molecule has 0 spiro atoms. The second-order valence-electron chi connectivity index (χ2n) is 7.29. The maximum Gasteiger partial charge on any atom is 0.246 e. The van der Waals surface area contributed by atoms with Crippen molar-refractivity contribution < 1.29 is 18.0 Å². The van der Waals surface area contributed by atoms with Gasteiger partial charge in [0.15, 0.2) is 0 Å². The number of nitrogens with zero attached hydrogens (tertiary/aromatic N) is 3. The third-order valence-corrected chi connectivity index (χ3v) is 7.25. The molecule has 2 aliphatic heterocycles. The number of fused-ring (bicyclic) bond motifs is 1. The minimum absolute atomic E-state index is 0.0466. The first-order chi connectivity index (χ1) is 12.8. The number of hydrogen-bond acceptors (Lipinski definition) is 4. The normalized spacial score (nSPS) is 21.9. The molecule has 2 fully saturated rings. The molecule has 3 rings (SSSR count). The van der Waals surface area contributed by atoms with Crippen LogP contribution in [0.3, 0.4) is 0 Å². The first kappa shape index (κ1) is 19.8. The van der Waals surface area contributed by atoms with Crippen LogP contribution in [0.5, 0.6) is 0 Å². The lowest BCUT2D eigenvalue weighted by Gasteiger charge is -2.39. The van der Waals surface area contributed by atoms with Gasteiger partial charge in [0.05, 0.1) is 5.75 Å². The van der Waals surface area contributed by atoms with Gasteiger partial charge in [0.25, 0.3) is 0 Å². The fourth-order valence-electron chi connectivity index (χ4n) is 3.84. The molecule has 0 radical (unpaired) electrons. The fourth-order valence-corrected chi connectivity index (χ4v) is 5.35. The number of benzene rings is 1. The van der Waals surface area contributed by atoms with Crippen molar-refractivity contribution in [1.82, 2.24) is 14.1 Å². The zero-order valence-electron chi connectivity index (χ0n) is 15.9. The molecule has 1 atom stereocenters. The molecule has 0 aliphatic carbocycles. The summed E-state index contributed by atoms with van der Waals surface area (Å²) in [6.45, 7) is 5.08. The lowest BCUT2D eigenvalue weighted by atomic mass is 10.1. The molecule has 1 aromatic rings. The number of carbonyl (C=O) groups excluding carboxylic acids is 2. The van der Waals surface area contributed by atoms with Gasteiger partial charge in [0, 0.05) is 26.2 Å². The van der Waals surface area contributed by atoms with Gasteiger partial charge in [-0.15, -0.1) is 0 Å². The number of aryl methyl sites for hydroxylation is 1. The quantitative estimate of drug-likeness (QED) is 0.747. The first-order valence-corrected chi connectivity index (χ1v) is 11.0. The van der Waals surface area contributed by atoms with Gasteiger partial charge in [-0.05, 0) is 25.3 Å². The lowest BCUT2D eigenvalue weighted by Crippen LogP contribution is -2.59. The highest BCUT2D eigenvalue weighted by Gasteiger charge is 2.41. The van der Waals surface area contributed by atoms with Crippen LogP contribution in [0.2, 0.25) is 0 Å². The molecule has 0 saturated carbocycles. The van der Waals surface area contributed by atoms with Crippen molar-refractivity contribution in [3.63, 3.8) is 0 Å². The van der Waals surface area contributed by atoms with Crippen molar-refractivity contribution in [1.29, 1.82) is 0 Å². The lowest BCUT2D eigenvalue weighted by molar-refractivity contribution is -0.156. The Morgan fingerprint density at radius 1 is 1.15 bits per heavy atom. The highest BCUT2D eigenvalue weighted by Crippen LogP contribution is 2.22. The Balaban J connectivity index is 1.74. The molecule has 2 amide bonds. The van der Waals surface area contributed by atoms with E-state index in [1.807, 2.05) is 38.1 Å². The average molecular weight is 394 g/mol. The molecule has 0 aromatic heterocycles. The van der Waals surface area contributed by atoms with Gasteiger partial charge < -0.3 is 9.80 Å². The number of carbonyl (C=O) groups is 2. The van der Waals surface area contributed by atoms with Crippen molar-refractivity contribution in [2.24, 2.45) is 0 Å². The Morgan fingerprint density at radius 3 is 2.63 bits per heavy atom. The van der Waals surface area contributed by atoms with E-state index in [1.54, 1.807) is 9.80 Å². The Morgan fingerprint density at radius 2 is 1.93 bits per heavy atom. The summed E-state index contributed by atoms with van der Waals surface area (Å²) in [7, 11) is -3.33. The molecule has 0 N–H and O–H groups in total. The molecule has 2 heterocycles. The van der Waals surface area contributed by atoms with Gasteiger partial charge in [-0.3, -0.25) is 9.59 Å². The highest BCUT2D eigenvalue weighted by atomic mass is 32.2. The fraction of sp³-hybridized carbons (Fsp3) is 0.579. The molecule has 1 aromatic carbocycles. The van der Waals surface area contributed by atoms with Crippen LogP contribution in [0, 0.1) is 6.92 Å². The van der Waals surface area contributed by atoms with E-state index in [1.165, 1.54) is 4.31 Å². The average Bonchev–Trinajstić information content (AvgIpc) is 2.83. The topological polar surface area (TPSA) is 78.0 Å². The van der Waals surface area contributed by atoms with Crippen LogP contribution in [0.15, 0.2) is 24.3 Å². The van der Waals surface area contributed by atoms with Crippen LogP contribution in [0.4, 0.5) is 0 Å². The highest BCUT2D eigenvalue weighted by molar-refractivity contribution is 7.89. The predicted octanol–water partition coefficient (Wildman–Crippen LogP) is 0.980. The molecule has 148 valence electrons. The third kappa shape index (κ3) is 4.32. The number of rotatable bonds is 5. The van der Waals surface area contributed by atoms with Gasteiger partial charge in [0.1, 0.15) is 12.6 Å². The maximum absolute atomic E-state index is 13.0. The van der Waals surface area contributed by atoms with Gasteiger partial charge in [0.2, 0.25) is 21.8 Å². The molecule has 8 heteroatoms. The smallest absolute Gasteiger partial charge is 0.246 e. The van der Waals surface area contributed by atoms with Crippen molar-refractivity contribution in [2.75, 3.05) is 31.9 Å². The van der Waals surface area contributed by atoms with Gasteiger partial charge in [-0.25, -0.2) is 12.7 Å². The number of piperazine rings is 1. The summed E-state index contributed by atoms with van der Waals surface area (Å²) >= 11 is 0. The van der Waals surface area contributed by atoms with Crippen molar-refractivity contribution in [3.05, 3.63) is 35.4 Å². The number of sulfonamides is 1. The van der Waals surface area contributed by atoms with E-state index in [4.69, 9.17) is 0 Å². The van der Waals surface area contributed by atoms with Crippen molar-refractivity contribution >= 4 is 21.8 Å². The summed E-state index contributed by atoms with van der Waals surface area (Å²) < 4.78 is 26.2. The minimum Gasteiger partial charge on any atom is -0.328 e. The van der Waals surface area contributed by atoms with Gasteiger partial charge in [-0.1, -0.05) is 36.8 Å². The van der Waals surface area contributed by atoms with Crippen molar-refractivity contribution in [3.8, 4) is 0 Å². The summed E-state index contributed by atoms with van der Waals surface area (Å²) in [5.41, 5.74) is 2.10. The molecule has 2 saturated heterocycles. The Hall–Kier alpha value is -1.93. The Labute approximate surface area is 161 Å². The van der Waals surface area contributed by atoms with Gasteiger partial charge >= 0.3 is 0 Å². The van der Waals surface area contributed by atoms with Gasteiger partial charge in [-0.2, -0.15) is 0 Å². The summed E-state index contributed by atoms with van der Waals surface area (Å²) in [4.78, 5) is 28.8. The first-order valence-electron chi connectivity index (χ1n) is 9.43. The largest absolute Gasteiger partial charge is 0.328 e. The van der Waals surface area contributed by atoms with E-state index in [0.29, 0.717) is 19.4 Å². The van der Waals surface area contributed by atoms with Crippen LogP contribution < -0.4 is 0 Å². The maximum atomic E-state index is 13.0. The van der Waals surface area contributed by atoms with E-state index in [2.05, 4.69) is 0 Å². The van der Waals surface area contributed by atoms with Crippen LogP contribution >= 0.6 is 0 Å². The van der Waals surface area contributed by atoms with Crippen LogP contribution in [0.25, 0.3) is 0 Å². The molecule has 27 heavy (non-hydrogen) atoms. The molecule has 0 bridgehead atoms. The summed E-state index contributed by atoms with van der Waals surface area (Å²) in [5, 5.41) is 0. The van der Waals surface area contributed by atoms with Crippen molar-refractivity contribution in [2.45, 2.75) is 39.3 Å². The van der Waals surface area contributed by atoms with E-state index in [-0.39, 0.29) is 43.7 Å². The zero-order chi connectivity index (χ0) is 19.6. The molecule has 1 unspecified atom stereocenters. The molecular weight excluding hydrogens is 366 g/mol. The summed E-state index contributed by atoms with van der Waals surface area (Å²) in [6.07, 6.45) is 0.895. The molecule has 7 nitrogen and oxygen atoms in total. The molecule has 2 aliphatic rings. The van der Waals surface area contributed by atoms with E-state index >= 15 is 0 Å². The van der Waals surface area contributed by atoms with Crippen LogP contribution in [-0.4, -0.2) is 72.3 Å². The Kier molecular flexibility index (Phi) is 5.86. The van der Waals surface area contributed by atoms with Crippen LogP contribution in [-0.2, 0) is 26.2 Å². The summed E-state index contributed by atoms with van der Waals surface area (Å²) in [6, 6.07) is 7.32. The summed E-state index contributed by atoms with van der Waals surface area (Å²) in [5.74, 6) is -0.105. The van der Waals surface area contributed by atoms with E-state index in [0.717, 1.165) is 11.1 Å². The SMILES string of the molecule is CCCS(=O)(=O)N1CCC2C(=O)N(Cc3cccc(C)c3)CC(=O)N2CC1. The standard InChI is InChI=1S/C19H27N3O4S/c1-3-11-27(25,26)21-8-7-17-19(24)20(14-18(23)22(17)10-9-21)13-16-6-4-5-15(2)12-16/h4-6,12,17H,3,7-11,13-14H2,1-2H3. The number of amides is 2. The van der Waals surface area contributed by atoms with Crippen LogP contribution in [0.1, 0.15) is 30.9 Å². The predicted molar refractivity (Wildman–Crippen MR) is 102 cm³/mol. The molecular formula is C19H27N3O4S. The second-order valence-corrected chi connectivity index (χ2v) is 9.38. The number of hydrogen-bond donors (Lipinski definition) is 0. The zero-order valence-corrected chi connectivity index (χ0v) is 16.7. The van der Waals surface area contributed by atoms with E-state index < -0.39 is 16.1 Å². The monoisotopic (exact) mass is 393 g/mol. The third-order valence-electron chi connectivity index (χ3n) is 5.17.